The van der Waals surface area contributed by atoms with Crippen LogP contribution in [0, 0.1) is 9.54 Å². The van der Waals surface area contributed by atoms with E-state index in [2.05, 4.69) is 27.2 Å². The van der Waals surface area contributed by atoms with Crippen LogP contribution in [0.4, 0.5) is 5.95 Å². The van der Waals surface area contributed by atoms with Gasteiger partial charge in [-0.25, -0.2) is 0 Å². The first kappa shape index (κ1) is 18.2. The summed E-state index contributed by atoms with van der Waals surface area (Å²) < 4.78 is 0.926. The van der Waals surface area contributed by atoms with E-state index in [1.807, 2.05) is 0 Å². The third-order valence-electron chi connectivity index (χ3n) is 2.49. The Kier molecular flexibility index (Phi) is 11.3. The molecular formula is C11H21N4NaS2. The summed E-state index contributed by atoms with van der Waals surface area (Å²) in [6.07, 6.45) is 7.70. The van der Waals surface area contributed by atoms with Crippen molar-refractivity contribution in [2.75, 3.05) is 11.9 Å². The number of hydrogen-bond acceptors (Lipinski definition) is 4. The summed E-state index contributed by atoms with van der Waals surface area (Å²) in [7, 11) is 0. The van der Waals surface area contributed by atoms with E-state index in [-0.39, 0.29) is 31.0 Å². The normalized spacial score (nSPS) is 9.83. The average molecular weight is 296 g/mol. The van der Waals surface area contributed by atoms with Gasteiger partial charge in [-0.15, -0.1) is 0 Å². The second-order valence-electron chi connectivity index (χ2n) is 4.04. The molecule has 0 spiro atoms. The van der Waals surface area contributed by atoms with E-state index in [1.165, 1.54) is 32.1 Å². The molecule has 0 aromatic carbocycles. The minimum absolute atomic E-state index is 0. The Balaban J connectivity index is 0. The van der Waals surface area contributed by atoms with E-state index in [1.54, 1.807) is 0 Å². The molecule has 0 aliphatic carbocycles. The molecule has 3 N–H and O–H groups in total. The van der Waals surface area contributed by atoms with Gasteiger partial charge in [0.25, 0.3) is 0 Å². The predicted molar refractivity (Wildman–Crippen MR) is 77.6 cm³/mol. The van der Waals surface area contributed by atoms with Gasteiger partial charge in [-0.05, 0) is 30.9 Å². The number of aromatic amines is 2. The van der Waals surface area contributed by atoms with Crippen molar-refractivity contribution in [3.8, 4) is 0 Å². The SMILES string of the molecule is CCCCCCCCNc1nc(=S)[nH]c(=S)[nH]1.[H-].[Na+]. The van der Waals surface area contributed by atoms with Crippen LogP contribution in [0.3, 0.4) is 0 Å². The standard InChI is InChI=1S/C11H20N4S2.Na.H/c1-2-3-4-5-6-7-8-12-9-13-10(16)15-11(17)14-9;;/h2-8H2,1H3,(H3,12,13,14,15,16,17);;/q;+1;-1. The molecule has 0 saturated carbocycles. The van der Waals surface area contributed by atoms with Crippen LogP contribution < -0.4 is 34.9 Å². The molecule has 0 radical (unpaired) electrons. The molecule has 0 aliphatic heterocycles. The Labute approximate surface area is 142 Å². The Morgan fingerprint density at radius 3 is 2.44 bits per heavy atom. The molecule has 0 bridgehead atoms. The largest absolute Gasteiger partial charge is 1.00 e. The number of unbranched alkanes of at least 4 members (excludes halogenated alkanes) is 5. The van der Waals surface area contributed by atoms with E-state index in [9.17, 15) is 0 Å². The van der Waals surface area contributed by atoms with Gasteiger partial charge in [0.05, 0.1) is 0 Å². The van der Waals surface area contributed by atoms with Crippen molar-refractivity contribution in [2.45, 2.75) is 45.4 Å². The maximum atomic E-state index is 4.98. The first-order chi connectivity index (χ1) is 8.22. The Hall–Kier alpha value is 0.250. The predicted octanol–water partition coefficient (Wildman–Crippen LogP) is 1.09. The molecule has 18 heavy (non-hydrogen) atoms. The van der Waals surface area contributed by atoms with Crippen molar-refractivity contribution >= 4 is 30.4 Å². The van der Waals surface area contributed by atoms with E-state index in [0.29, 0.717) is 15.5 Å². The molecule has 0 amide bonds. The summed E-state index contributed by atoms with van der Waals surface area (Å²) in [4.78, 5) is 9.80. The summed E-state index contributed by atoms with van der Waals surface area (Å²) in [6.45, 7) is 3.14. The Morgan fingerprint density at radius 1 is 1.11 bits per heavy atom. The fourth-order valence-corrected chi connectivity index (χ4v) is 2.04. The number of aromatic nitrogens is 3. The zero-order chi connectivity index (χ0) is 12.5. The smallest absolute Gasteiger partial charge is 1.00 e. The third-order valence-corrected chi connectivity index (χ3v) is 2.89. The number of nitrogens with one attached hydrogen (secondary N) is 3. The molecular weight excluding hydrogens is 275 g/mol. The monoisotopic (exact) mass is 296 g/mol. The maximum absolute atomic E-state index is 4.98. The molecule has 7 heteroatoms. The van der Waals surface area contributed by atoms with E-state index >= 15 is 0 Å². The topological polar surface area (TPSA) is 56.5 Å². The molecule has 1 aromatic heterocycles. The molecule has 0 aliphatic rings. The van der Waals surface area contributed by atoms with Gasteiger partial charge in [-0.1, -0.05) is 39.0 Å². The van der Waals surface area contributed by atoms with E-state index < -0.39 is 0 Å². The number of H-pyrrole nitrogens is 2. The molecule has 0 atom stereocenters. The molecule has 1 rings (SSSR count). The number of rotatable bonds is 8. The minimum atomic E-state index is 0. The van der Waals surface area contributed by atoms with Crippen LogP contribution in [0.5, 0.6) is 0 Å². The van der Waals surface area contributed by atoms with Gasteiger partial charge in [0.2, 0.25) is 10.7 Å². The first-order valence-corrected chi connectivity index (χ1v) is 6.98. The summed E-state index contributed by atoms with van der Waals surface area (Å²) in [6, 6.07) is 0. The zero-order valence-corrected chi connectivity index (χ0v) is 14.8. The van der Waals surface area contributed by atoms with Crippen LogP contribution in [-0.2, 0) is 0 Å². The molecule has 98 valence electrons. The Morgan fingerprint density at radius 2 is 1.78 bits per heavy atom. The number of hydrogen-bond donors (Lipinski definition) is 3. The van der Waals surface area contributed by atoms with Crippen LogP contribution in [0.2, 0.25) is 0 Å². The molecule has 4 nitrogen and oxygen atoms in total. The van der Waals surface area contributed by atoms with Crippen LogP contribution >= 0.6 is 24.4 Å². The van der Waals surface area contributed by atoms with Gasteiger partial charge in [0.1, 0.15) is 0 Å². The number of anilines is 1. The minimum Gasteiger partial charge on any atom is -1.00 e. The van der Waals surface area contributed by atoms with Gasteiger partial charge < -0.3 is 16.7 Å². The quantitative estimate of drug-likeness (QED) is 0.382. The first-order valence-electron chi connectivity index (χ1n) is 6.17. The summed E-state index contributed by atoms with van der Waals surface area (Å²) in [5, 5.41) is 3.20. The molecule has 1 heterocycles. The van der Waals surface area contributed by atoms with E-state index in [0.717, 1.165) is 13.0 Å². The van der Waals surface area contributed by atoms with Crippen molar-refractivity contribution in [1.82, 2.24) is 15.0 Å². The van der Waals surface area contributed by atoms with Gasteiger partial charge in [0, 0.05) is 6.54 Å². The summed E-state index contributed by atoms with van der Waals surface area (Å²) in [5.41, 5.74) is 0. The van der Waals surface area contributed by atoms with Crippen molar-refractivity contribution < 1.29 is 31.0 Å². The second-order valence-corrected chi connectivity index (χ2v) is 4.83. The fraction of sp³-hybridized carbons (Fsp3) is 0.727. The molecule has 0 saturated heterocycles. The van der Waals surface area contributed by atoms with Crippen molar-refractivity contribution in [3.63, 3.8) is 0 Å². The second kappa shape index (κ2) is 11.1. The maximum Gasteiger partial charge on any atom is 1.00 e. The molecule has 0 fully saturated rings. The van der Waals surface area contributed by atoms with Gasteiger partial charge in [-0.2, -0.15) is 4.98 Å². The fourth-order valence-electron chi connectivity index (χ4n) is 1.59. The van der Waals surface area contributed by atoms with Crippen LogP contribution in [-0.4, -0.2) is 21.5 Å². The van der Waals surface area contributed by atoms with Gasteiger partial charge in [0.15, 0.2) is 4.77 Å². The van der Waals surface area contributed by atoms with E-state index in [4.69, 9.17) is 24.4 Å². The van der Waals surface area contributed by atoms with Crippen LogP contribution in [0.15, 0.2) is 0 Å². The number of nitrogens with zero attached hydrogens (tertiary/aromatic N) is 1. The zero-order valence-electron chi connectivity index (χ0n) is 12.2. The summed E-state index contributed by atoms with van der Waals surface area (Å²) >= 11 is 9.92. The van der Waals surface area contributed by atoms with Crippen LogP contribution in [0.1, 0.15) is 46.9 Å². The Bertz CT molecular complexity index is 407. The molecule has 1 aromatic rings. The van der Waals surface area contributed by atoms with Crippen molar-refractivity contribution in [2.24, 2.45) is 0 Å². The summed E-state index contributed by atoms with van der Waals surface area (Å²) in [5.74, 6) is 0.660. The van der Waals surface area contributed by atoms with Crippen molar-refractivity contribution in [3.05, 3.63) is 9.54 Å². The van der Waals surface area contributed by atoms with Crippen molar-refractivity contribution in [1.29, 1.82) is 0 Å². The average Bonchev–Trinajstić information content (AvgIpc) is 2.26. The van der Waals surface area contributed by atoms with Gasteiger partial charge >= 0.3 is 29.6 Å². The van der Waals surface area contributed by atoms with Gasteiger partial charge in [-0.3, -0.25) is 0 Å². The molecule has 0 unspecified atom stereocenters. The third kappa shape index (κ3) is 8.37. The van der Waals surface area contributed by atoms with Crippen LogP contribution in [0.25, 0.3) is 0 Å².